The highest BCUT2D eigenvalue weighted by molar-refractivity contribution is 6.35. The predicted octanol–water partition coefficient (Wildman–Crippen LogP) is 7.40. The number of benzene rings is 2. The van der Waals surface area contributed by atoms with Gasteiger partial charge in [-0.2, -0.15) is 18.2 Å². The number of halogens is 4. The first-order valence-electron chi connectivity index (χ1n) is 14.2. The van der Waals surface area contributed by atoms with Gasteiger partial charge in [0.05, 0.1) is 24.9 Å². The van der Waals surface area contributed by atoms with E-state index in [2.05, 4.69) is 20.6 Å². The third-order valence-electron chi connectivity index (χ3n) is 7.71. The SMILES string of the molecule is CNCc1ccc(-c2nccc(-c3cccc4c3CCC[C@H]4Oc3nc(OC)c(CNC)cc3C(F)(F)F)c2Cl)cc1OC. The van der Waals surface area contributed by atoms with E-state index in [0.29, 0.717) is 35.7 Å². The number of hydrogen-bond donors (Lipinski definition) is 2. The summed E-state index contributed by atoms with van der Waals surface area (Å²) in [5.74, 6) is 0.302. The van der Waals surface area contributed by atoms with Gasteiger partial charge in [-0.05, 0) is 68.2 Å². The van der Waals surface area contributed by atoms with Crippen molar-refractivity contribution in [2.24, 2.45) is 0 Å². The summed E-state index contributed by atoms with van der Waals surface area (Å²) >= 11 is 7.03. The molecule has 0 bridgehead atoms. The van der Waals surface area contributed by atoms with Crippen LogP contribution in [-0.4, -0.2) is 38.3 Å². The van der Waals surface area contributed by atoms with Gasteiger partial charge in [0.15, 0.2) is 0 Å². The largest absolute Gasteiger partial charge is 0.496 e. The number of hydrogen-bond acceptors (Lipinski definition) is 7. The molecule has 44 heavy (non-hydrogen) atoms. The molecule has 7 nitrogen and oxygen atoms in total. The molecule has 2 heterocycles. The fourth-order valence-electron chi connectivity index (χ4n) is 5.70. The van der Waals surface area contributed by atoms with Crippen LogP contribution >= 0.6 is 11.6 Å². The van der Waals surface area contributed by atoms with Crippen LogP contribution < -0.4 is 24.8 Å². The molecule has 0 aliphatic heterocycles. The maximum absolute atomic E-state index is 14.2. The second kappa shape index (κ2) is 13.4. The standard InChI is InChI=1S/C33H34ClF3N4O3/c1-38-17-20-12-11-19(16-28(20)42-3)30-29(34)25(13-14-40-30)23-7-5-9-24-22(23)8-6-10-27(24)44-32-26(33(35,36)37)15-21(18-39-2)31(41-32)43-4/h5,7,9,11-16,27,38-39H,6,8,10,17-18H2,1-4H3/t27-/m1/s1. The fourth-order valence-corrected chi connectivity index (χ4v) is 6.03. The second-order valence-corrected chi connectivity index (χ2v) is 10.9. The Bertz CT molecular complexity index is 1650. The Morgan fingerprint density at radius 3 is 2.41 bits per heavy atom. The van der Waals surface area contributed by atoms with Crippen LogP contribution in [0.5, 0.6) is 17.5 Å². The zero-order chi connectivity index (χ0) is 31.4. The average molecular weight is 627 g/mol. The number of methoxy groups -OCH3 is 2. The van der Waals surface area contributed by atoms with Crippen LogP contribution in [0, 0.1) is 0 Å². The summed E-state index contributed by atoms with van der Waals surface area (Å²) in [6.45, 7) is 0.813. The van der Waals surface area contributed by atoms with Crippen LogP contribution in [0.15, 0.2) is 54.7 Å². The van der Waals surface area contributed by atoms with Gasteiger partial charge in [0.25, 0.3) is 0 Å². The maximum Gasteiger partial charge on any atom is 0.421 e. The van der Waals surface area contributed by atoms with E-state index in [1.807, 2.05) is 49.5 Å². The zero-order valence-corrected chi connectivity index (χ0v) is 25.7. The van der Waals surface area contributed by atoms with Crippen molar-refractivity contribution in [2.45, 2.75) is 44.6 Å². The van der Waals surface area contributed by atoms with E-state index < -0.39 is 23.7 Å². The summed E-state index contributed by atoms with van der Waals surface area (Å²) in [5, 5.41) is 6.45. The van der Waals surface area contributed by atoms with Crippen LogP contribution in [0.1, 0.15) is 46.8 Å². The third-order valence-corrected chi connectivity index (χ3v) is 8.09. The van der Waals surface area contributed by atoms with Gasteiger partial charge in [-0.25, -0.2) is 0 Å². The minimum absolute atomic E-state index is 0.0823. The quantitative estimate of drug-likeness (QED) is 0.190. The van der Waals surface area contributed by atoms with Crippen molar-refractivity contribution in [2.75, 3.05) is 28.3 Å². The third kappa shape index (κ3) is 6.33. The van der Waals surface area contributed by atoms with Crippen LogP contribution in [0.2, 0.25) is 5.02 Å². The van der Waals surface area contributed by atoms with Crippen molar-refractivity contribution >= 4 is 11.6 Å². The molecule has 0 unspecified atom stereocenters. The highest BCUT2D eigenvalue weighted by Gasteiger charge is 2.38. The zero-order valence-electron chi connectivity index (χ0n) is 24.9. The first-order chi connectivity index (χ1) is 21.2. The van der Waals surface area contributed by atoms with Gasteiger partial charge in [0.1, 0.15) is 17.4 Å². The minimum atomic E-state index is -4.66. The van der Waals surface area contributed by atoms with E-state index in [1.165, 1.54) is 7.11 Å². The molecule has 0 saturated heterocycles. The number of fused-ring (bicyclic) bond motifs is 1. The molecule has 11 heteroatoms. The number of nitrogens with zero attached hydrogens (tertiary/aromatic N) is 2. The lowest BCUT2D eigenvalue weighted by Crippen LogP contribution is -2.20. The van der Waals surface area contributed by atoms with Crippen LogP contribution in [0.3, 0.4) is 0 Å². The minimum Gasteiger partial charge on any atom is -0.496 e. The predicted molar refractivity (Wildman–Crippen MR) is 164 cm³/mol. The summed E-state index contributed by atoms with van der Waals surface area (Å²) in [6, 6.07) is 14.5. The van der Waals surface area contributed by atoms with E-state index in [1.54, 1.807) is 20.4 Å². The van der Waals surface area contributed by atoms with E-state index in [9.17, 15) is 13.2 Å². The molecular formula is C33H34ClF3N4O3. The van der Waals surface area contributed by atoms with E-state index in [-0.39, 0.29) is 12.4 Å². The Balaban J connectivity index is 1.54. The van der Waals surface area contributed by atoms with Crippen LogP contribution in [0.4, 0.5) is 13.2 Å². The van der Waals surface area contributed by atoms with Gasteiger partial charge >= 0.3 is 6.18 Å². The van der Waals surface area contributed by atoms with Gasteiger partial charge in [0.2, 0.25) is 11.8 Å². The molecule has 1 aliphatic carbocycles. The fraction of sp³-hybridized carbons (Fsp3) is 0.333. The molecular weight excluding hydrogens is 593 g/mol. The molecule has 1 aliphatic rings. The Hall–Kier alpha value is -3.86. The molecule has 2 aromatic heterocycles. The van der Waals surface area contributed by atoms with Crippen molar-refractivity contribution in [1.82, 2.24) is 20.6 Å². The van der Waals surface area contributed by atoms with Crippen LogP contribution in [-0.2, 0) is 25.7 Å². The van der Waals surface area contributed by atoms with E-state index in [0.717, 1.165) is 51.6 Å². The molecule has 0 fully saturated rings. The molecule has 0 saturated carbocycles. The number of pyridine rings is 2. The molecule has 4 aromatic rings. The van der Waals surface area contributed by atoms with Gasteiger partial charge in [0, 0.05) is 41.5 Å². The smallest absolute Gasteiger partial charge is 0.421 e. The molecule has 5 rings (SSSR count). The van der Waals surface area contributed by atoms with E-state index >= 15 is 0 Å². The lowest BCUT2D eigenvalue weighted by molar-refractivity contribution is -0.139. The summed E-state index contributed by atoms with van der Waals surface area (Å²) in [6.07, 6.45) is -1.63. The van der Waals surface area contributed by atoms with Crippen molar-refractivity contribution in [3.63, 3.8) is 0 Å². The molecule has 0 amide bonds. The highest BCUT2D eigenvalue weighted by Crippen LogP contribution is 2.45. The van der Waals surface area contributed by atoms with Gasteiger partial charge in [-0.15, -0.1) is 0 Å². The number of aromatic nitrogens is 2. The van der Waals surface area contributed by atoms with Gasteiger partial charge < -0.3 is 24.8 Å². The Morgan fingerprint density at radius 1 is 0.932 bits per heavy atom. The maximum atomic E-state index is 14.2. The van der Waals surface area contributed by atoms with Crippen molar-refractivity contribution in [3.05, 3.63) is 87.6 Å². The summed E-state index contributed by atoms with van der Waals surface area (Å²) in [4.78, 5) is 8.75. The lowest BCUT2D eigenvalue weighted by Gasteiger charge is -2.29. The van der Waals surface area contributed by atoms with Crippen LogP contribution in [0.25, 0.3) is 22.4 Å². The van der Waals surface area contributed by atoms with Crippen molar-refractivity contribution < 1.29 is 27.4 Å². The number of ether oxygens (including phenoxy) is 3. The Morgan fingerprint density at radius 2 is 1.70 bits per heavy atom. The lowest BCUT2D eigenvalue weighted by atomic mass is 9.84. The molecule has 2 aromatic carbocycles. The number of alkyl halides is 3. The molecule has 1 atom stereocenters. The monoisotopic (exact) mass is 626 g/mol. The number of nitrogens with one attached hydrogen (secondary N) is 2. The highest BCUT2D eigenvalue weighted by atomic mass is 35.5. The summed E-state index contributed by atoms with van der Waals surface area (Å²) in [5.41, 5.74) is 5.20. The summed E-state index contributed by atoms with van der Waals surface area (Å²) in [7, 11) is 6.51. The normalized spacial score (nSPS) is 14.7. The Kier molecular flexibility index (Phi) is 9.62. The topological polar surface area (TPSA) is 77.5 Å². The molecule has 2 N–H and O–H groups in total. The average Bonchev–Trinajstić information content (AvgIpc) is 3.01. The molecule has 232 valence electrons. The summed E-state index contributed by atoms with van der Waals surface area (Å²) < 4.78 is 59.5. The number of rotatable bonds is 10. The Labute approximate surface area is 259 Å². The van der Waals surface area contributed by atoms with Crippen molar-refractivity contribution in [3.8, 4) is 39.9 Å². The van der Waals surface area contributed by atoms with Gasteiger partial charge in [-0.3, -0.25) is 4.98 Å². The van der Waals surface area contributed by atoms with Crippen molar-refractivity contribution in [1.29, 1.82) is 0 Å². The first kappa shape index (κ1) is 31.6. The second-order valence-electron chi connectivity index (χ2n) is 10.5. The molecule has 0 spiro atoms. The first-order valence-corrected chi connectivity index (χ1v) is 14.6. The van der Waals surface area contributed by atoms with Gasteiger partial charge in [-0.1, -0.05) is 41.9 Å². The van der Waals surface area contributed by atoms with E-state index in [4.69, 9.17) is 25.8 Å². The molecule has 0 radical (unpaired) electrons.